The molecule has 0 bridgehead atoms. The van der Waals surface area contributed by atoms with E-state index in [1.54, 1.807) is 25.3 Å². The van der Waals surface area contributed by atoms with Gasteiger partial charge < -0.3 is 20.1 Å². The first-order valence-corrected chi connectivity index (χ1v) is 10.2. The van der Waals surface area contributed by atoms with E-state index in [0.29, 0.717) is 28.6 Å². The lowest BCUT2D eigenvalue weighted by Crippen LogP contribution is -2.06. The van der Waals surface area contributed by atoms with Gasteiger partial charge in [0.1, 0.15) is 12.4 Å². The van der Waals surface area contributed by atoms with Crippen molar-refractivity contribution in [2.24, 2.45) is 0 Å². The Bertz CT molecular complexity index is 1080. The summed E-state index contributed by atoms with van der Waals surface area (Å²) >= 11 is 12.5. The van der Waals surface area contributed by atoms with E-state index in [1.165, 1.54) is 19.1 Å². The predicted molar refractivity (Wildman–Crippen MR) is 122 cm³/mol. The van der Waals surface area contributed by atoms with Crippen LogP contribution in [0.4, 0.5) is 15.8 Å². The first-order valence-electron chi connectivity index (χ1n) is 9.40. The number of methoxy groups -OCH3 is 1. The third kappa shape index (κ3) is 6.26. The number of carbonyl (C=O) groups is 1. The zero-order valence-corrected chi connectivity index (χ0v) is 18.5. The molecule has 2 N–H and O–H groups in total. The van der Waals surface area contributed by atoms with Gasteiger partial charge in [-0.1, -0.05) is 29.3 Å². The molecule has 0 fully saturated rings. The fourth-order valence-corrected chi connectivity index (χ4v) is 3.29. The molecule has 0 aromatic heterocycles. The van der Waals surface area contributed by atoms with Gasteiger partial charge in [-0.05, 0) is 48.0 Å². The minimum Gasteiger partial charge on any atom is -0.493 e. The van der Waals surface area contributed by atoms with E-state index in [4.69, 9.17) is 32.7 Å². The third-order valence-electron chi connectivity index (χ3n) is 4.42. The Kier molecular flexibility index (Phi) is 7.60. The van der Waals surface area contributed by atoms with Crippen LogP contribution < -0.4 is 20.1 Å². The van der Waals surface area contributed by atoms with Crippen molar-refractivity contribution in [2.75, 3.05) is 17.7 Å². The van der Waals surface area contributed by atoms with Crippen molar-refractivity contribution in [3.8, 4) is 11.5 Å². The molecule has 3 aromatic rings. The van der Waals surface area contributed by atoms with E-state index in [2.05, 4.69) is 10.6 Å². The molecule has 0 aliphatic heterocycles. The maximum absolute atomic E-state index is 13.2. The number of rotatable bonds is 8. The van der Waals surface area contributed by atoms with Crippen molar-refractivity contribution in [2.45, 2.75) is 20.1 Å². The summed E-state index contributed by atoms with van der Waals surface area (Å²) in [5.41, 5.74) is 3.06. The van der Waals surface area contributed by atoms with Crippen molar-refractivity contribution in [1.82, 2.24) is 0 Å². The molecule has 0 radical (unpaired) electrons. The van der Waals surface area contributed by atoms with Crippen LogP contribution in [0, 0.1) is 5.82 Å². The highest BCUT2D eigenvalue weighted by molar-refractivity contribution is 6.31. The second-order valence-corrected chi connectivity index (χ2v) is 7.55. The molecule has 0 aliphatic carbocycles. The van der Waals surface area contributed by atoms with Crippen LogP contribution in [-0.4, -0.2) is 13.0 Å². The third-order valence-corrected chi connectivity index (χ3v) is 5.12. The molecule has 0 heterocycles. The summed E-state index contributed by atoms with van der Waals surface area (Å²) in [4.78, 5) is 11.1. The Morgan fingerprint density at radius 3 is 2.26 bits per heavy atom. The van der Waals surface area contributed by atoms with E-state index in [9.17, 15) is 9.18 Å². The van der Waals surface area contributed by atoms with Gasteiger partial charge in [-0.3, -0.25) is 4.79 Å². The fraction of sp³-hybridized carbons (Fsp3) is 0.174. The van der Waals surface area contributed by atoms with Crippen LogP contribution in [0.5, 0.6) is 11.5 Å². The summed E-state index contributed by atoms with van der Waals surface area (Å²) in [6, 6.07) is 14.9. The number of ether oxygens (including phenoxy) is 2. The first kappa shape index (κ1) is 22.7. The second kappa shape index (κ2) is 10.4. The topological polar surface area (TPSA) is 59.6 Å². The number of benzene rings is 3. The molecular formula is C23H21Cl2FN2O3. The first-order chi connectivity index (χ1) is 14.9. The van der Waals surface area contributed by atoms with Gasteiger partial charge in [0.2, 0.25) is 5.91 Å². The Morgan fingerprint density at radius 1 is 0.935 bits per heavy atom. The van der Waals surface area contributed by atoms with Gasteiger partial charge in [0.05, 0.1) is 12.1 Å². The van der Waals surface area contributed by atoms with Gasteiger partial charge in [0.25, 0.3) is 0 Å². The number of amides is 1. The number of halogens is 3. The van der Waals surface area contributed by atoms with Crippen LogP contribution in [0.1, 0.15) is 18.1 Å². The summed E-state index contributed by atoms with van der Waals surface area (Å²) in [5.74, 6) is 0.441. The van der Waals surface area contributed by atoms with E-state index in [0.717, 1.165) is 16.9 Å². The van der Waals surface area contributed by atoms with E-state index in [-0.39, 0.29) is 17.5 Å². The molecule has 0 saturated heterocycles. The Hall–Kier alpha value is -2.96. The Balaban J connectivity index is 1.67. The van der Waals surface area contributed by atoms with E-state index >= 15 is 0 Å². The van der Waals surface area contributed by atoms with Crippen LogP contribution >= 0.6 is 23.2 Å². The summed E-state index contributed by atoms with van der Waals surface area (Å²) in [7, 11) is 1.54. The van der Waals surface area contributed by atoms with Crippen molar-refractivity contribution in [3.05, 3.63) is 81.6 Å². The highest BCUT2D eigenvalue weighted by atomic mass is 35.5. The number of carbonyl (C=O) groups excluding carboxylic acids is 1. The molecule has 1 amide bonds. The molecule has 8 heteroatoms. The Labute approximate surface area is 190 Å². The molecule has 0 atom stereocenters. The molecule has 3 aromatic carbocycles. The number of anilines is 2. The maximum Gasteiger partial charge on any atom is 0.221 e. The summed E-state index contributed by atoms with van der Waals surface area (Å²) < 4.78 is 24.5. The van der Waals surface area contributed by atoms with Crippen LogP contribution in [-0.2, 0) is 17.9 Å². The minimum atomic E-state index is -0.406. The van der Waals surface area contributed by atoms with Gasteiger partial charge >= 0.3 is 0 Å². The van der Waals surface area contributed by atoms with Gasteiger partial charge in [-0.25, -0.2) is 4.39 Å². The monoisotopic (exact) mass is 462 g/mol. The lowest BCUT2D eigenvalue weighted by molar-refractivity contribution is -0.114. The molecule has 0 aliphatic rings. The highest BCUT2D eigenvalue weighted by Gasteiger charge is 2.12. The molecule has 162 valence electrons. The van der Waals surface area contributed by atoms with E-state index < -0.39 is 5.82 Å². The Morgan fingerprint density at radius 2 is 1.61 bits per heavy atom. The molecule has 0 saturated carbocycles. The normalized spacial score (nSPS) is 10.5. The smallest absolute Gasteiger partial charge is 0.221 e. The van der Waals surface area contributed by atoms with Crippen molar-refractivity contribution >= 4 is 40.5 Å². The van der Waals surface area contributed by atoms with Gasteiger partial charge in [0, 0.05) is 41.5 Å². The SMILES string of the molecule is COc1cc(CNc2ccc(NC(C)=O)cc2)c(Cl)cc1OCc1ccc(F)cc1Cl. The quantitative estimate of drug-likeness (QED) is 0.412. The molecule has 5 nitrogen and oxygen atoms in total. The summed E-state index contributed by atoms with van der Waals surface area (Å²) in [5, 5.41) is 6.79. The van der Waals surface area contributed by atoms with Crippen molar-refractivity contribution in [1.29, 1.82) is 0 Å². The summed E-state index contributed by atoms with van der Waals surface area (Å²) in [6.45, 7) is 2.06. The van der Waals surface area contributed by atoms with Crippen LogP contribution in [0.25, 0.3) is 0 Å². The zero-order chi connectivity index (χ0) is 22.4. The second-order valence-electron chi connectivity index (χ2n) is 6.73. The van der Waals surface area contributed by atoms with Crippen LogP contribution in [0.2, 0.25) is 10.0 Å². The van der Waals surface area contributed by atoms with Gasteiger partial charge in [-0.15, -0.1) is 0 Å². The van der Waals surface area contributed by atoms with E-state index in [1.807, 2.05) is 24.3 Å². The number of hydrogen-bond acceptors (Lipinski definition) is 4. The van der Waals surface area contributed by atoms with Gasteiger partial charge in [0.15, 0.2) is 11.5 Å². The molecular weight excluding hydrogens is 442 g/mol. The van der Waals surface area contributed by atoms with Gasteiger partial charge in [-0.2, -0.15) is 0 Å². The average Bonchev–Trinajstić information content (AvgIpc) is 2.73. The average molecular weight is 463 g/mol. The van der Waals surface area contributed by atoms with Crippen molar-refractivity contribution in [3.63, 3.8) is 0 Å². The number of hydrogen-bond donors (Lipinski definition) is 2. The lowest BCUT2D eigenvalue weighted by atomic mass is 10.2. The van der Waals surface area contributed by atoms with Crippen LogP contribution in [0.3, 0.4) is 0 Å². The standard InChI is InChI=1S/C23H21Cl2FN2O3/c1-14(29)28-19-7-5-18(6-8-19)27-12-16-9-22(30-2)23(11-21(16)25)31-13-15-3-4-17(26)10-20(15)24/h3-11,27H,12-13H2,1-2H3,(H,28,29). The lowest BCUT2D eigenvalue weighted by Gasteiger charge is -2.15. The molecule has 0 unspecified atom stereocenters. The van der Waals surface area contributed by atoms with Crippen LogP contribution in [0.15, 0.2) is 54.6 Å². The number of nitrogens with one attached hydrogen (secondary N) is 2. The fourth-order valence-electron chi connectivity index (χ4n) is 2.85. The maximum atomic E-state index is 13.2. The molecule has 3 rings (SSSR count). The minimum absolute atomic E-state index is 0.122. The summed E-state index contributed by atoms with van der Waals surface area (Å²) in [6.07, 6.45) is 0. The van der Waals surface area contributed by atoms with Crippen molar-refractivity contribution < 1.29 is 18.7 Å². The highest BCUT2D eigenvalue weighted by Crippen LogP contribution is 2.34. The zero-order valence-electron chi connectivity index (χ0n) is 17.0. The predicted octanol–water partition coefficient (Wildman–Crippen LogP) is 6.29. The largest absolute Gasteiger partial charge is 0.493 e. The molecule has 31 heavy (non-hydrogen) atoms. The molecule has 0 spiro atoms.